The minimum absolute atomic E-state index is 0.229. The third kappa shape index (κ3) is 2.18. The second-order valence-corrected chi connectivity index (χ2v) is 5.07. The number of hydrogen-bond acceptors (Lipinski definition) is 3. The molecule has 0 bridgehead atoms. The van der Waals surface area contributed by atoms with E-state index < -0.39 is 0 Å². The molecule has 0 saturated heterocycles. The molecule has 1 aliphatic carbocycles. The van der Waals surface area contributed by atoms with Crippen LogP contribution >= 0.6 is 0 Å². The van der Waals surface area contributed by atoms with Crippen LogP contribution in [0.5, 0.6) is 0 Å². The Labute approximate surface area is 104 Å². The summed E-state index contributed by atoms with van der Waals surface area (Å²) in [4.78, 5) is 7.40. The molecule has 96 valence electrons. The molecule has 2 aromatic rings. The Bertz CT molecular complexity index is 562. The largest absolute Gasteiger partial charge is 0.396 e. The lowest BCUT2D eigenvalue weighted by Crippen LogP contribution is -2.17. The van der Waals surface area contributed by atoms with Gasteiger partial charge in [0.15, 0.2) is 0 Å². The van der Waals surface area contributed by atoms with Crippen LogP contribution in [0.3, 0.4) is 0 Å². The van der Waals surface area contributed by atoms with Crippen molar-refractivity contribution in [3.8, 4) is 0 Å². The maximum Gasteiger partial charge on any atom is 0.201 e. The summed E-state index contributed by atoms with van der Waals surface area (Å²) in [5.74, 6) is 0.399. The van der Waals surface area contributed by atoms with Crippen molar-refractivity contribution in [2.24, 2.45) is 5.41 Å². The lowest BCUT2D eigenvalue weighted by molar-refractivity contribution is 0.253. The SMILES string of the molecule is OCCC1(CNc2nc3ccc(F)cc3[nH]2)CC1. The molecule has 1 aromatic carbocycles. The van der Waals surface area contributed by atoms with Crippen molar-refractivity contribution in [1.29, 1.82) is 0 Å². The van der Waals surface area contributed by atoms with Gasteiger partial charge in [-0.25, -0.2) is 9.37 Å². The maximum atomic E-state index is 13.0. The number of aliphatic hydroxyl groups is 1. The summed E-state index contributed by atoms with van der Waals surface area (Å²) in [7, 11) is 0. The van der Waals surface area contributed by atoms with E-state index in [1.807, 2.05) is 0 Å². The molecule has 5 heteroatoms. The summed E-state index contributed by atoms with van der Waals surface area (Å²) in [5.41, 5.74) is 1.69. The molecule has 3 N–H and O–H groups in total. The van der Waals surface area contributed by atoms with Crippen LogP contribution in [0, 0.1) is 11.2 Å². The number of aromatic nitrogens is 2. The number of nitrogens with one attached hydrogen (secondary N) is 2. The number of aromatic amines is 1. The van der Waals surface area contributed by atoms with Crippen molar-refractivity contribution < 1.29 is 9.50 Å². The van der Waals surface area contributed by atoms with Crippen molar-refractivity contribution in [1.82, 2.24) is 9.97 Å². The molecule has 0 atom stereocenters. The van der Waals surface area contributed by atoms with Gasteiger partial charge in [0.05, 0.1) is 11.0 Å². The molecule has 1 saturated carbocycles. The number of halogens is 1. The van der Waals surface area contributed by atoms with Crippen molar-refractivity contribution in [3.63, 3.8) is 0 Å². The molecule has 0 spiro atoms. The molecule has 4 nitrogen and oxygen atoms in total. The van der Waals surface area contributed by atoms with Crippen LogP contribution < -0.4 is 5.32 Å². The van der Waals surface area contributed by atoms with Crippen LogP contribution in [0.1, 0.15) is 19.3 Å². The summed E-state index contributed by atoms with van der Waals surface area (Å²) >= 11 is 0. The quantitative estimate of drug-likeness (QED) is 0.761. The van der Waals surface area contributed by atoms with Gasteiger partial charge in [0.25, 0.3) is 0 Å². The normalized spacial score (nSPS) is 17.0. The monoisotopic (exact) mass is 249 g/mol. The fourth-order valence-corrected chi connectivity index (χ4v) is 2.27. The fourth-order valence-electron chi connectivity index (χ4n) is 2.27. The summed E-state index contributed by atoms with van der Waals surface area (Å²) in [6.45, 7) is 1.03. The van der Waals surface area contributed by atoms with E-state index in [0.717, 1.165) is 31.3 Å². The number of benzene rings is 1. The zero-order valence-electron chi connectivity index (χ0n) is 10.0. The van der Waals surface area contributed by atoms with Crippen LogP contribution in [0.4, 0.5) is 10.3 Å². The molecule has 0 unspecified atom stereocenters. The van der Waals surface area contributed by atoms with Gasteiger partial charge in [-0.2, -0.15) is 0 Å². The zero-order chi connectivity index (χ0) is 12.6. The van der Waals surface area contributed by atoms with Gasteiger partial charge in [-0.1, -0.05) is 0 Å². The summed E-state index contributed by atoms with van der Waals surface area (Å²) in [6.07, 6.45) is 3.12. The van der Waals surface area contributed by atoms with Gasteiger partial charge in [0.1, 0.15) is 5.82 Å². The molecular formula is C13H16FN3O. The molecular weight excluding hydrogens is 233 g/mol. The molecule has 1 heterocycles. The van der Waals surface area contributed by atoms with E-state index in [4.69, 9.17) is 5.11 Å². The van der Waals surface area contributed by atoms with E-state index in [9.17, 15) is 4.39 Å². The van der Waals surface area contributed by atoms with E-state index in [1.54, 1.807) is 6.07 Å². The van der Waals surface area contributed by atoms with Crippen LogP contribution in [-0.4, -0.2) is 28.2 Å². The molecule has 3 rings (SSSR count). The predicted molar refractivity (Wildman–Crippen MR) is 67.9 cm³/mol. The lowest BCUT2D eigenvalue weighted by Gasteiger charge is -2.13. The van der Waals surface area contributed by atoms with E-state index in [2.05, 4.69) is 15.3 Å². The van der Waals surface area contributed by atoms with Gasteiger partial charge < -0.3 is 15.4 Å². The third-order valence-electron chi connectivity index (χ3n) is 3.67. The lowest BCUT2D eigenvalue weighted by atomic mass is 10.0. The molecule has 1 aromatic heterocycles. The van der Waals surface area contributed by atoms with Crippen LogP contribution in [0.25, 0.3) is 11.0 Å². The Morgan fingerprint density at radius 2 is 2.28 bits per heavy atom. The smallest absolute Gasteiger partial charge is 0.201 e. The van der Waals surface area contributed by atoms with Crippen LogP contribution in [-0.2, 0) is 0 Å². The van der Waals surface area contributed by atoms with Gasteiger partial charge in [-0.15, -0.1) is 0 Å². The number of rotatable bonds is 5. The topological polar surface area (TPSA) is 60.9 Å². The second kappa shape index (κ2) is 4.24. The Hall–Kier alpha value is -1.62. The van der Waals surface area contributed by atoms with Crippen LogP contribution in [0.15, 0.2) is 18.2 Å². The standard InChI is InChI=1S/C13H16FN3O/c14-9-1-2-10-11(7-9)17-12(16-10)15-8-13(3-4-13)5-6-18/h1-2,7,18H,3-6,8H2,(H2,15,16,17). The fraction of sp³-hybridized carbons (Fsp3) is 0.462. The third-order valence-corrected chi connectivity index (χ3v) is 3.67. The van der Waals surface area contributed by atoms with Gasteiger partial charge in [-0.3, -0.25) is 0 Å². The Kier molecular flexibility index (Phi) is 2.70. The number of fused-ring (bicyclic) bond motifs is 1. The average molecular weight is 249 g/mol. The van der Waals surface area contributed by atoms with Crippen molar-refractivity contribution in [2.75, 3.05) is 18.5 Å². The van der Waals surface area contributed by atoms with E-state index >= 15 is 0 Å². The van der Waals surface area contributed by atoms with E-state index in [-0.39, 0.29) is 17.8 Å². The average Bonchev–Trinajstić information content (AvgIpc) is 2.99. The highest BCUT2D eigenvalue weighted by atomic mass is 19.1. The van der Waals surface area contributed by atoms with Gasteiger partial charge in [0, 0.05) is 13.2 Å². The highest BCUT2D eigenvalue weighted by Crippen LogP contribution is 2.48. The molecule has 0 radical (unpaired) electrons. The van der Waals surface area contributed by atoms with Crippen molar-refractivity contribution in [2.45, 2.75) is 19.3 Å². The first kappa shape index (κ1) is 11.5. The number of H-pyrrole nitrogens is 1. The molecule has 0 amide bonds. The number of anilines is 1. The second-order valence-electron chi connectivity index (χ2n) is 5.07. The maximum absolute atomic E-state index is 13.0. The number of imidazole rings is 1. The number of aliphatic hydroxyl groups excluding tert-OH is 1. The minimum atomic E-state index is -0.267. The van der Waals surface area contributed by atoms with Crippen molar-refractivity contribution >= 4 is 17.0 Å². The Morgan fingerprint density at radius 1 is 1.44 bits per heavy atom. The minimum Gasteiger partial charge on any atom is -0.396 e. The molecule has 0 aliphatic heterocycles. The summed E-state index contributed by atoms with van der Waals surface area (Å²) in [6, 6.07) is 4.50. The zero-order valence-corrected chi connectivity index (χ0v) is 10.0. The number of nitrogens with zero attached hydrogens (tertiary/aromatic N) is 1. The summed E-state index contributed by atoms with van der Waals surface area (Å²) < 4.78 is 13.0. The molecule has 1 aliphatic rings. The molecule has 1 fully saturated rings. The molecule has 18 heavy (non-hydrogen) atoms. The highest BCUT2D eigenvalue weighted by Gasteiger charge is 2.41. The van der Waals surface area contributed by atoms with Gasteiger partial charge in [-0.05, 0) is 42.9 Å². The van der Waals surface area contributed by atoms with E-state index in [0.29, 0.717) is 11.5 Å². The van der Waals surface area contributed by atoms with Crippen molar-refractivity contribution in [3.05, 3.63) is 24.0 Å². The highest BCUT2D eigenvalue weighted by molar-refractivity contribution is 5.77. The Morgan fingerprint density at radius 3 is 3.00 bits per heavy atom. The first-order valence-electron chi connectivity index (χ1n) is 6.21. The van der Waals surface area contributed by atoms with Crippen LogP contribution in [0.2, 0.25) is 0 Å². The van der Waals surface area contributed by atoms with Gasteiger partial charge >= 0.3 is 0 Å². The summed E-state index contributed by atoms with van der Waals surface area (Å²) in [5, 5.41) is 12.2. The van der Waals surface area contributed by atoms with E-state index in [1.165, 1.54) is 12.1 Å². The van der Waals surface area contributed by atoms with Gasteiger partial charge in [0.2, 0.25) is 5.95 Å². The predicted octanol–water partition coefficient (Wildman–Crippen LogP) is 2.28. The Balaban J connectivity index is 1.71. The first-order valence-corrected chi connectivity index (χ1v) is 6.21. The first-order chi connectivity index (χ1) is 8.71. The number of hydrogen-bond donors (Lipinski definition) is 3.